The first-order valence-electron chi connectivity index (χ1n) is 13.3. The normalized spacial score (nSPS) is 17.7. The van der Waals surface area contributed by atoms with E-state index >= 15 is 0 Å². The van der Waals surface area contributed by atoms with Crippen molar-refractivity contribution in [1.29, 1.82) is 0 Å². The van der Waals surface area contributed by atoms with Crippen LogP contribution < -0.4 is 10.6 Å². The number of hydrogen-bond donors (Lipinski definition) is 2. The molecule has 0 spiro atoms. The highest BCUT2D eigenvalue weighted by Crippen LogP contribution is 2.45. The SMILES string of the molecule is CC(=O)Nc1nnc(C2=C(C(=O)OC(c3ccccc3)c3ccccc3)N3C(=O)[C@@H](NC(=O)Cc4cccs4)[C@H]3SC2)s1. The van der Waals surface area contributed by atoms with Gasteiger partial charge in [-0.05, 0) is 22.6 Å². The molecule has 3 amide bonds. The number of fused-ring (bicyclic) bond motifs is 1. The summed E-state index contributed by atoms with van der Waals surface area (Å²) in [6.07, 6.45) is -0.569. The number of nitrogens with zero attached hydrogens (tertiary/aromatic N) is 3. The number of thioether (sulfide) groups is 1. The van der Waals surface area contributed by atoms with Gasteiger partial charge < -0.3 is 15.4 Å². The molecular weight excluding hydrogens is 607 g/mol. The Morgan fingerprint density at radius 1 is 1.00 bits per heavy atom. The molecule has 218 valence electrons. The number of esters is 1. The van der Waals surface area contributed by atoms with Crippen LogP contribution in [0.1, 0.15) is 34.0 Å². The van der Waals surface area contributed by atoms with E-state index in [1.807, 2.05) is 78.2 Å². The monoisotopic (exact) mass is 631 g/mol. The van der Waals surface area contributed by atoms with Crippen LogP contribution in [0.3, 0.4) is 0 Å². The van der Waals surface area contributed by atoms with Gasteiger partial charge in [0.15, 0.2) is 6.10 Å². The maximum absolute atomic E-state index is 14.1. The maximum atomic E-state index is 14.1. The van der Waals surface area contributed by atoms with Crippen LogP contribution in [0.5, 0.6) is 0 Å². The molecule has 0 bridgehead atoms. The average molecular weight is 632 g/mol. The molecule has 2 N–H and O–H groups in total. The minimum Gasteiger partial charge on any atom is -0.448 e. The van der Waals surface area contributed by atoms with E-state index < -0.39 is 29.4 Å². The van der Waals surface area contributed by atoms with Gasteiger partial charge in [-0.1, -0.05) is 78.1 Å². The highest BCUT2D eigenvalue weighted by molar-refractivity contribution is 8.00. The van der Waals surface area contributed by atoms with Crippen LogP contribution in [0.25, 0.3) is 5.57 Å². The number of thiophene rings is 1. The lowest BCUT2D eigenvalue weighted by atomic mass is 10.0. The van der Waals surface area contributed by atoms with Gasteiger partial charge in [-0.3, -0.25) is 19.3 Å². The molecule has 0 aliphatic carbocycles. The largest absolute Gasteiger partial charge is 0.448 e. The highest BCUT2D eigenvalue weighted by Gasteiger charge is 2.55. The number of rotatable bonds is 9. The summed E-state index contributed by atoms with van der Waals surface area (Å²) in [5, 5.41) is 15.7. The Morgan fingerprint density at radius 2 is 1.70 bits per heavy atom. The molecule has 43 heavy (non-hydrogen) atoms. The Morgan fingerprint density at radius 3 is 2.33 bits per heavy atom. The fourth-order valence-corrected chi connectivity index (χ4v) is 7.84. The molecule has 0 saturated carbocycles. The molecular formula is C30H25N5O5S3. The molecule has 4 aromatic rings. The predicted octanol–water partition coefficient (Wildman–Crippen LogP) is 4.24. The van der Waals surface area contributed by atoms with Crippen molar-refractivity contribution in [3.63, 3.8) is 0 Å². The third-order valence-electron chi connectivity index (χ3n) is 6.79. The lowest BCUT2D eigenvalue weighted by Crippen LogP contribution is -2.70. The van der Waals surface area contributed by atoms with E-state index in [2.05, 4.69) is 20.8 Å². The van der Waals surface area contributed by atoms with Gasteiger partial charge in [-0.15, -0.1) is 33.3 Å². The molecule has 0 unspecified atom stereocenters. The number of anilines is 1. The molecule has 2 aromatic carbocycles. The van der Waals surface area contributed by atoms with Crippen LogP contribution in [0.4, 0.5) is 5.13 Å². The number of aromatic nitrogens is 2. The molecule has 2 aliphatic heterocycles. The standard InChI is InChI=1S/C30H25N5O5S3/c1-17(36)31-30-34-33-26(43-30)21-16-42-28-23(32-22(37)15-20-13-8-14-41-20)27(38)35(28)24(21)29(39)40-25(18-9-4-2-5-10-18)19-11-6-3-7-12-19/h2-14,23,25,28H,15-16H2,1H3,(H,32,37)(H,31,34,36)/t23-,28-/m1/s1. The fourth-order valence-electron chi connectivity index (χ4n) is 4.86. The highest BCUT2D eigenvalue weighted by atomic mass is 32.2. The van der Waals surface area contributed by atoms with Gasteiger partial charge in [0.05, 0.1) is 6.42 Å². The van der Waals surface area contributed by atoms with Crippen LogP contribution in [0, 0.1) is 0 Å². The summed E-state index contributed by atoms with van der Waals surface area (Å²) in [4.78, 5) is 54.3. The molecule has 4 heterocycles. The Balaban J connectivity index is 1.33. The predicted molar refractivity (Wildman–Crippen MR) is 165 cm³/mol. The van der Waals surface area contributed by atoms with Gasteiger partial charge in [0.1, 0.15) is 22.1 Å². The minimum atomic E-state index is -0.787. The molecule has 10 nitrogen and oxygen atoms in total. The van der Waals surface area contributed by atoms with Crippen LogP contribution in [0.2, 0.25) is 0 Å². The zero-order chi connectivity index (χ0) is 29.9. The van der Waals surface area contributed by atoms with Crippen molar-refractivity contribution in [3.05, 3.63) is 105 Å². The molecule has 2 aromatic heterocycles. The van der Waals surface area contributed by atoms with Crippen molar-refractivity contribution < 1.29 is 23.9 Å². The van der Waals surface area contributed by atoms with Crippen LogP contribution >= 0.6 is 34.4 Å². The van der Waals surface area contributed by atoms with E-state index in [1.54, 1.807) is 0 Å². The summed E-state index contributed by atoms with van der Waals surface area (Å²) < 4.78 is 6.17. The molecule has 2 aliphatic rings. The van der Waals surface area contributed by atoms with Gasteiger partial charge in [-0.25, -0.2) is 4.79 Å². The number of carbonyl (C=O) groups is 4. The van der Waals surface area contributed by atoms with Crippen LogP contribution in [-0.4, -0.2) is 56.0 Å². The van der Waals surface area contributed by atoms with Crippen molar-refractivity contribution in [3.8, 4) is 0 Å². The maximum Gasteiger partial charge on any atom is 0.356 e. The number of nitrogens with one attached hydrogen (secondary N) is 2. The summed E-state index contributed by atoms with van der Waals surface area (Å²) in [5.41, 5.74) is 2.06. The second kappa shape index (κ2) is 12.5. The van der Waals surface area contributed by atoms with Crippen LogP contribution in [-0.2, 0) is 30.3 Å². The third-order valence-corrected chi connectivity index (χ3v) is 9.84. The molecule has 1 saturated heterocycles. The van der Waals surface area contributed by atoms with Gasteiger partial charge >= 0.3 is 5.97 Å². The van der Waals surface area contributed by atoms with Crippen molar-refractivity contribution in [1.82, 2.24) is 20.4 Å². The summed E-state index contributed by atoms with van der Waals surface area (Å²) in [5.74, 6) is -1.37. The lowest BCUT2D eigenvalue weighted by Gasteiger charge is -2.49. The van der Waals surface area contributed by atoms with E-state index in [9.17, 15) is 19.2 Å². The van der Waals surface area contributed by atoms with Crippen molar-refractivity contribution >= 4 is 68.8 Å². The first-order valence-corrected chi connectivity index (χ1v) is 16.1. The minimum absolute atomic E-state index is 0.0555. The van der Waals surface area contributed by atoms with E-state index in [0.717, 1.165) is 27.3 Å². The number of hydrogen-bond acceptors (Lipinski definition) is 10. The van der Waals surface area contributed by atoms with E-state index in [1.165, 1.54) is 34.9 Å². The average Bonchev–Trinajstić information content (AvgIpc) is 3.70. The van der Waals surface area contributed by atoms with Gasteiger partial charge in [0.2, 0.25) is 16.9 Å². The van der Waals surface area contributed by atoms with Gasteiger partial charge in [0, 0.05) is 23.1 Å². The smallest absolute Gasteiger partial charge is 0.356 e. The van der Waals surface area contributed by atoms with Gasteiger partial charge in [0.25, 0.3) is 5.91 Å². The zero-order valence-electron chi connectivity index (χ0n) is 22.8. The number of carbonyl (C=O) groups excluding carboxylic acids is 4. The van der Waals surface area contributed by atoms with E-state index in [-0.39, 0.29) is 29.1 Å². The second-order valence-corrected chi connectivity index (χ2v) is 12.9. The molecule has 0 radical (unpaired) electrons. The Hall–Kier alpha value is -4.33. The molecule has 1 fully saturated rings. The lowest BCUT2D eigenvalue weighted by molar-refractivity contribution is -0.154. The summed E-state index contributed by atoms with van der Waals surface area (Å²) in [7, 11) is 0. The van der Waals surface area contributed by atoms with Crippen LogP contribution in [0.15, 0.2) is 83.9 Å². The first kappa shape index (κ1) is 28.8. The van der Waals surface area contributed by atoms with Crippen molar-refractivity contribution in [2.75, 3.05) is 11.1 Å². The van der Waals surface area contributed by atoms with Crippen molar-refractivity contribution in [2.45, 2.75) is 30.9 Å². The molecule has 6 rings (SSSR count). The molecule has 13 heteroatoms. The summed E-state index contributed by atoms with van der Waals surface area (Å²) in [6.45, 7) is 1.36. The number of β-lactam (4-membered cyclic amide) rings is 1. The fraction of sp³-hybridized carbons (Fsp3) is 0.200. The second-order valence-electron chi connectivity index (χ2n) is 9.74. The first-order chi connectivity index (χ1) is 20.9. The van der Waals surface area contributed by atoms with Crippen molar-refractivity contribution in [2.24, 2.45) is 0 Å². The Labute approximate surface area is 259 Å². The number of amides is 3. The third kappa shape index (κ3) is 6.10. The Kier molecular flexibility index (Phi) is 8.36. The Bertz CT molecular complexity index is 1650. The molecule has 2 atom stereocenters. The zero-order valence-corrected chi connectivity index (χ0v) is 25.2. The number of benzene rings is 2. The van der Waals surface area contributed by atoms with E-state index in [4.69, 9.17) is 4.74 Å². The van der Waals surface area contributed by atoms with Gasteiger partial charge in [-0.2, -0.15) is 0 Å². The quantitative estimate of drug-likeness (QED) is 0.207. The topological polar surface area (TPSA) is 131 Å². The number of ether oxygens (including phenoxy) is 1. The summed E-state index contributed by atoms with van der Waals surface area (Å²) >= 11 is 3.98. The van der Waals surface area contributed by atoms with E-state index in [0.29, 0.717) is 16.3 Å². The summed E-state index contributed by atoms with van der Waals surface area (Å²) in [6, 6.07) is 21.7.